The molecule has 2 aromatic heterocycles. The molecule has 4 rings (SSSR count). The van der Waals surface area contributed by atoms with E-state index in [2.05, 4.69) is 15.2 Å². The van der Waals surface area contributed by atoms with Crippen molar-refractivity contribution in [2.24, 2.45) is 0 Å². The van der Waals surface area contributed by atoms with Gasteiger partial charge in [0.2, 0.25) is 5.82 Å². The number of benzene rings is 2. The highest BCUT2D eigenvalue weighted by Gasteiger charge is 2.48. The first-order chi connectivity index (χ1) is 17.5. The van der Waals surface area contributed by atoms with Crippen LogP contribution in [0.25, 0.3) is 23.0 Å². The van der Waals surface area contributed by atoms with E-state index in [0.29, 0.717) is 24.4 Å². The predicted molar refractivity (Wildman–Crippen MR) is 131 cm³/mol. The number of carbonyl (C=O) groups excluding carboxylic acids is 1. The van der Waals surface area contributed by atoms with Crippen LogP contribution in [-0.4, -0.2) is 38.7 Å². The van der Waals surface area contributed by atoms with Crippen molar-refractivity contribution in [2.75, 3.05) is 6.61 Å². The Labute approximate surface area is 212 Å². The zero-order valence-electron chi connectivity index (χ0n) is 21.0. The standard InChI is InChI=1S/C27H27F3N4O3/c1-5-36-23(35)15-18-7-6-8-19(14-18)16-34-17(2)13-22(32-34)25-31-24(33-37-25)20-9-11-21(12-10-20)26(3,4)27(28,29)30/h6-14H,5,15-16H2,1-4H3. The van der Waals surface area contributed by atoms with Crippen LogP contribution in [0.15, 0.2) is 59.1 Å². The third-order valence-corrected chi connectivity index (χ3v) is 6.18. The average Bonchev–Trinajstić information content (AvgIpc) is 3.46. The van der Waals surface area contributed by atoms with Crippen molar-refractivity contribution in [2.45, 2.75) is 52.3 Å². The van der Waals surface area contributed by atoms with Crippen LogP contribution in [0.3, 0.4) is 0 Å². The first-order valence-corrected chi connectivity index (χ1v) is 11.8. The summed E-state index contributed by atoms with van der Waals surface area (Å²) >= 11 is 0. The van der Waals surface area contributed by atoms with E-state index in [0.717, 1.165) is 30.7 Å². The molecule has 0 fully saturated rings. The highest BCUT2D eigenvalue weighted by atomic mass is 19.4. The number of esters is 1. The normalized spacial score (nSPS) is 12.1. The monoisotopic (exact) mass is 512 g/mol. The Morgan fingerprint density at radius 1 is 1.05 bits per heavy atom. The molecule has 0 atom stereocenters. The first-order valence-electron chi connectivity index (χ1n) is 11.8. The van der Waals surface area contributed by atoms with E-state index in [1.54, 1.807) is 23.7 Å². The summed E-state index contributed by atoms with van der Waals surface area (Å²) in [6.07, 6.45) is -4.17. The van der Waals surface area contributed by atoms with Gasteiger partial charge in [-0.15, -0.1) is 0 Å². The van der Waals surface area contributed by atoms with Crippen LogP contribution in [-0.2, 0) is 27.9 Å². The zero-order valence-corrected chi connectivity index (χ0v) is 21.0. The van der Waals surface area contributed by atoms with Crippen LogP contribution in [0.5, 0.6) is 0 Å². The fraction of sp³-hybridized carbons (Fsp3) is 0.333. The highest BCUT2D eigenvalue weighted by Crippen LogP contribution is 2.40. The number of nitrogens with zero attached hydrogens (tertiary/aromatic N) is 4. The van der Waals surface area contributed by atoms with E-state index in [-0.39, 0.29) is 29.7 Å². The molecule has 2 aromatic carbocycles. The van der Waals surface area contributed by atoms with E-state index in [4.69, 9.17) is 9.26 Å². The highest BCUT2D eigenvalue weighted by molar-refractivity contribution is 5.72. The minimum Gasteiger partial charge on any atom is -0.466 e. The van der Waals surface area contributed by atoms with Crippen molar-refractivity contribution in [1.29, 1.82) is 0 Å². The Bertz CT molecular complexity index is 1390. The maximum atomic E-state index is 13.3. The van der Waals surface area contributed by atoms with Crippen LogP contribution < -0.4 is 0 Å². The van der Waals surface area contributed by atoms with Crippen molar-refractivity contribution in [3.05, 3.63) is 77.0 Å². The second-order valence-corrected chi connectivity index (χ2v) is 9.25. The lowest BCUT2D eigenvalue weighted by molar-refractivity contribution is -0.180. The molecule has 0 aliphatic carbocycles. The van der Waals surface area contributed by atoms with Gasteiger partial charge >= 0.3 is 12.1 Å². The number of aromatic nitrogens is 4. The molecular formula is C27H27F3N4O3. The van der Waals surface area contributed by atoms with Crippen LogP contribution in [0.4, 0.5) is 13.2 Å². The third kappa shape index (κ3) is 5.73. The van der Waals surface area contributed by atoms with Gasteiger partial charge < -0.3 is 9.26 Å². The minimum absolute atomic E-state index is 0.146. The SMILES string of the molecule is CCOC(=O)Cc1cccc(Cn2nc(-c3nc(-c4ccc(C(C)(C)C(F)(F)F)cc4)no3)cc2C)c1. The topological polar surface area (TPSA) is 83.0 Å². The number of hydrogen-bond donors (Lipinski definition) is 0. The van der Waals surface area contributed by atoms with Crippen molar-refractivity contribution in [1.82, 2.24) is 19.9 Å². The van der Waals surface area contributed by atoms with Crippen LogP contribution in [0.2, 0.25) is 0 Å². The summed E-state index contributed by atoms with van der Waals surface area (Å²) in [7, 11) is 0. The number of rotatable bonds is 8. The van der Waals surface area contributed by atoms with Gasteiger partial charge in [0.15, 0.2) is 5.69 Å². The minimum atomic E-state index is -4.37. The van der Waals surface area contributed by atoms with Gasteiger partial charge in [0.25, 0.3) is 5.89 Å². The summed E-state index contributed by atoms with van der Waals surface area (Å²) in [4.78, 5) is 16.2. The largest absolute Gasteiger partial charge is 0.466 e. The molecule has 7 nitrogen and oxygen atoms in total. The summed E-state index contributed by atoms with van der Waals surface area (Å²) in [6, 6.07) is 15.4. The summed E-state index contributed by atoms with van der Waals surface area (Å²) in [6.45, 7) is 6.77. The lowest BCUT2D eigenvalue weighted by atomic mass is 9.83. The molecule has 0 amide bonds. The van der Waals surface area contributed by atoms with Crippen LogP contribution in [0.1, 0.15) is 43.2 Å². The predicted octanol–water partition coefficient (Wildman–Crippen LogP) is 5.90. The smallest absolute Gasteiger partial charge is 0.397 e. The lowest BCUT2D eigenvalue weighted by Gasteiger charge is -2.28. The molecule has 2 heterocycles. The molecule has 4 aromatic rings. The molecule has 0 spiro atoms. The maximum absolute atomic E-state index is 13.3. The van der Waals surface area contributed by atoms with Gasteiger partial charge in [-0.1, -0.05) is 53.7 Å². The van der Waals surface area contributed by atoms with Gasteiger partial charge in [-0.2, -0.15) is 23.3 Å². The Hall–Kier alpha value is -3.95. The fourth-order valence-electron chi connectivity index (χ4n) is 3.81. The molecule has 0 aliphatic heterocycles. The molecule has 0 bridgehead atoms. The molecule has 0 saturated carbocycles. The zero-order chi connectivity index (χ0) is 26.8. The van der Waals surface area contributed by atoms with E-state index < -0.39 is 11.6 Å². The van der Waals surface area contributed by atoms with E-state index in [9.17, 15) is 18.0 Å². The van der Waals surface area contributed by atoms with Crippen molar-refractivity contribution in [3.8, 4) is 23.0 Å². The van der Waals surface area contributed by atoms with E-state index in [1.165, 1.54) is 12.1 Å². The Morgan fingerprint density at radius 2 is 1.76 bits per heavy atom. The molecule has 0 unspecified atom stereocenters. The molecule has 194 valence electrons. The third-order valence-electron chi connectivity index (χ3n) is 6.18. The Morgan fingerprint density at radius 3 is 2.43 bits per heavy atom. The average molecular weight is 513 g/mol. The van der Waals surface area contributed by atoms with E-state index >= 15 is 0 Å². The number of alkyl halides is 3. The second kappa shape index (κ2) is 10.2. The van der Waals surface area contributed by atoms with Gasteiger partial charge in [0, 0.05) is 11.3 Å². The number of ether oxygens (including phenoxy) is 1. The molecule has 0 N–H and O–H groups in total. The molecule has 0 saturated heterocycles. The van der Waals surface area contributed by atoms with Crippen molar-refractivity contribution < 1.29 is 27.2 Å². The number of aryl methyl sites for hydroxylation is 1. The van der Waals surface area contributed by atoms with Gasteiger partial charge in [-0.25, -0.2) is 0 Å². The number of halogens is 3. The van der Waals surface area contributed by atoms with E-state index in [1.807, 2.05) is 37.3 Å². The molecule has 0 radical (unpaired) electrons. The Balaban J connectivity index is 1.50. The quantitative estimate of drug-likeness (QED) is 0.273. The number of carbonyl (C=O) groups is 1. The van der Waals surface area contributed by atoms with Crippen molar-refractivity contribution >= 4 is 5.97 Å². The van der Waals surface area contributed by atoms with Crippen molar-refractivity contribution in [3.63, 3.8) is 0 Å². The van der Waals surface area contributed by atoms with Crippen LogP contribution >= 0.6 is 0 Å². The molecule has 0 aliphatic rings. The number of hydrogen-bond acceptors (Lipinski definition) is 6. The van der Waals surface area contributed by atoms with Gasteiger partial charge in [-0.05, 0) is 50.5 Å². The first kappa shape index (κ1) is 26.1. The molecular weight excluding hydrogens is 485 g/mol. The maximum Gasteiger partial charge on any atom is 0.397 e. The summed E-state index contributed by atoms with van der Waals surface area (Å²) in [5.74, 6) is 0.181. The summed E-state index contributed by atoms with van der Waals surface area (Å²) in [5.41, 5.74) is 1.87. The lowest BCUT2D eigenvalue weighted by Crippen LogP contribution is -2.36. The molecule has 10 heteroatoms. The van der Waals surface area contributed by atoms with Gasteiger partial charge in [-0.3, -0.25) is 9.48 Å². The van der Waals surface area contributed by atoms with Crippen LogP contribution in [0, 0.1) is 6.92 Å². The molecule has 37 heavy (non-hydrogen) atoms. The summed E-state index contributed by atoms with van der Waals surface area (Å²) < 4.78 is 52.2. The fourth-order valence-corrected chi connectivity index (χ4v) is 3.81. The van der Waals surface area contributed by atoms with Gasteiger partial charge in [0.05, 0.1) is 25.0 Å². The second-order valence-electron chi connectivity index (χ2n) is 9.25. The van der Waals surface area contributed by atoms with Gasteiger partial charge in [0.1, 0.15) is 0 Å². The summed E-state index contributed by atoms with van der Waals surface area (Å²) in [5, 5.41) is 8.56. The Kier molecular flexibility index (Phi) is 7.20.